The van der Waals surface area contributed by atoms with E-state index in [2.05, 4.69) is 12.2 Å². The monoisotopic (exact) mass is 318 g/mol. The van der Waals surface area contributed by atoms with Gasteiger partial charge in [0.15, 0.2) is 0 Å². The van der Waals surface area contributed by atoms with E-state index in [0.29, 0.717) is 12.8 Å². The number of nitrogens with zero attached hydrogens (tertiary/aromatic N) is 1. The van der Waals surface area contributed by atoms with Gasteiger partial charge in [0.1, 0.15) is 0 Å². The van der Waals surface area contributed by atoms with Gasteiger partial charge in [-0.3, -0.25) is 19.3 Å². The summed E-state index contributed by atoms with van der Waals surface area (Å²) in [5.41, 5.74) is 0. The molecule has 2 aliphatic carbocycles. The minimum absolute atomic E-state index is 0.0434. The molecule has 1 N–H and O–H groups in total. The molecule has 0 aromatic carbocycles. The number of likely N-dealkylation sites (tertiary alicyclic amines) is 1. The Hall–Kier alpha value is -1.65. The highest BCUT2D eigenvalue weighted by molar-refractivity contribution is 6.05. The predicted molar refractivity (Wildman–Crippen MR) is 86.3 cm³/mol. The molecule has 5 heteroatoms. The van der Waals surface area contributed by atoms with Crippen molar-refractivity contribution in [3.63, 3.8) is 0 Å². The molecule has 3 amide bonds. The number of allylic oxidation sites excluding steroid dienone is 2. The summed E-state index contributed by atoms with van der Waals surface area (Å²) in [5, 5.41) is 3.06. The number of hydrogen-bond donors (Lipinski definition) is 1. The Kier molecular flexibility index (Phi) is 4.83. The number of carbonyl (C=O) groups excluding carboxylic acids is 3. The van der Waals surface area contributed by atoms with Crippen molar-refractivity contribution in [2.24, 2.45) is 17.8 Å². The van der Waals surface area contributed by atoms with E-state index in [9.17, 15) is 14.4 Å². The molecule has 3 rings (SSSR count). The fraction of sp³-hybridized carbons (Fsp3) is 0.722. The third-order valence-corrected chi connectivity index (χ3v) is 5.54. The first-order chi connectivity index (χ1) is 11.1. The second-order valence-electron chi connectivity index (χ2n) is 7.26. The first-order valence-electron chi connectivity index (χ1n) is 8.86. The van der Waals surface area contributed by atoms with Crippen LogP contribution >= 0.6 is 0 Å². The van der Waals surface area contributed by atoms with Crippen LogP contribution in [0.5, 0.6) is 0 Å². The van der Waals surface area contributed by atoms with Gasteiger partial charge in [0.25, 0.3) is 0 Å². The van der Waals surface area contributed by atoms with E-state index in [-0.39, 0.29) is 48.6 Å². The summed E-state index contributed by atoms with van der Waals surface area (Å²) in [6.07, 6.45) is 9.86. The molecule has 0 unspecified atom stereocenters. The van der Waals surface area contributed by atoms with E-state index >= 15 is 0 Å². The van der Waals surface area contributed by atoms with Crippen molar-refractivity contribution in [2.45, 2.75) is 57.9 Å². The van der Waals surface area contributed by atoms with Gasteiger partial charge < -0.3 is 5.32 Å². The first kappa shape index (κ1) is 16.2. The number of hydrogen-bond acceptors (Lipinski definition) is 3. The van der Waals surface area contributed by atoms with Crippen LogP contribution in [0.1, 0.15) is 51.9 Å². The molecular formula is C18H26N2O3. The number of imide groups is 1. The maximum Gasteiger partial charge on any atom is 0.233 e. The molecular weight excluding hydrogens is 292 g/mol. The maximum atomic E-state index is 12.3. The van der Waals surface area contributed by atoms with E-state index in [1.165, 1.54) is 4.90 Å². The number of fused-ring (bicyclic) bond motifs is 1. The lowest BCUT2D eigenvalue weighted by molar-refractivity contribution is -0.140. The Morgan fingerprint density at radius 2 is 1.65 bits per heavy atom. The van der Waals surface area contributed by atoms with Crippen molar-refractivity contribution in [1.29, 1.82) is 0 Å². The van der Waals surface area contributed by atoms with Crippen LogP contribution in [-0.2, 0) is 14.4 Å². The van der Waals surface area contributed by atoms with Crippen molar-refractivity contribution in [3.8, 4) is 0 Å². The molecule has 0 aromatic rings. The average Bonchev–Trinajstić information content (AvgIpc) is 2.80. The van der Waals surface area contributed by atoms with E-state index in [0.717, 1.165) is 31.6 Å². The lowest BCUT2D eigenvalue weighted by Crippen LogP contribution is -2.40. The third-order valence-electron chi connectivity index (χ3n) is 5.54. The SMILES string of the molecule is CC1CCC(NC(=O)CCN2C(=O)[C@H]3CC=CC[C@@H]3C2=O)CC1. The van der Waals surface area contributed by atoms with Crippen LogP contribution < -0.4 is 5.32 Å². The molecule has 23 heavy (non-hydrogen) atoms. The van der Waals surface area contributed by atoms with Crippen molar-refractivity contribution in [2.75, 3.05) is 6.54 Å². The highest BCUT2D eigenvalue weighted by Crippen LogP contribution is 2.35. The predicted octanol–water partition coefficient (Wildman–Crippen LogP) is 2.02. The summed E-state index contributed by atoms with van der Waals surface area (Å²) in [5.74, 6) is 0.121. The van der Waals surface area contributed by atoms with Crippen LogP contribution in [-0.4, -0.2) is 35.2 Å². The van der Waals surface area contributed by atoms with Crippen LogP contribution in [0.4, 0.5) is 0 Å². The van der Waals surface area contributed by atoms with Crippen LogP contribution in [0.3, 0.4) is 0 Å². The molecule has 3 aliphatic rings. The van der Waals surface area contributed by atoms with Crippen LogP contribution in [0, 0.1) is 17.8 Å². The third kappa shape index (κ3) is 3.48. The molecule has 0 spiro atoms. The van der Waals surface area contributed by atoms with Gasteiger partial charge in [-0.2, -0.15) is 0 Å². The van der Waals surface area contributed by atoms with Gasteiger partial charge in [-0.15, -0.1) is 0 Å². The second-order valence-corrected chi connectivity index (χ2v) is 7.26. The molecule has 1 aliphatic heterocycles. The average molecular weight is 318 g/mol. The molecule has 0 aromatic heterocycles. The summed E-state index contributed by atoms with van der Waals surface area (Å²) in [4.78, 5) is 38.1. The smallest absolute Gasteiger partial charge is 0.233 e. The molecule has 1 saturated carbocycles. The molecule has 126 valence electrons. The molecule has 2 fully saturated rings. The first-order valence-corrected chi connectivity index (χ1v) is 8.86. The minimum Gasteiger partial charge on any atom is -0.353 e. The van der Waals surface area contributed by atoms with Crippen molar-refractivity contribution >= 4 is 17.7 Å². The zero-order valence-electron chi connectivity index (χ0n) is 13.8. The standard InChI is InChI=1S/C18H26N2O3/c1-12-6-8-13(9-7-12)19-16(21)10-11-20-17(22)14-4-2-3-5-15(14)18(20)23/h2-3,12-15H,4-11H2,1H3,(H,19,21)/t12?,13?,14-,15-/m0/s1. The number of amides is 3. The van der Waals surface area contributed by atoms with E-state index in [1.807, 2.05) is 12.2 Å². The molecule has 1 saturated heterocycles. The Morgan fingerprint density at radius 1 is 1.09 bits per heavy atom. The number of carbonyl (C=O) groups is 3. The van der Waals surface area contributed by atoms with Crippen molar-refractivity contribution in [1.82, 2.24) is 10.2 Å². The van der Waals surface area contributed by atoms with Gasteiger partial charge in [0.2, 0.25) is 17.7 Å². The largest absolute Gasteiger partial charge is 0.353 e. The second kappa shape index (κ2) is 6.85. The summed E-state index contributed by atoms with van der Waals surface area (Å²) < 4.78 is 0. The molecule has 0 bridgehead atoms. The van der Waals surface area contributed by atoms with Gasteiger partial charge in [-0.25, -0.2) is 0 Å². The fourth-order valence-corrected chi connectivity index (χ4v) is 4.01. The van der Waals surface area contributed by atoms with Crippen LogP contribution in [0.25, 0.3) is 0 Å². The summed E-state index contributed by atoms with van der Waals surface area (Å²) >= 11 is 0. The van der Waals surface area contributed by atoms with E-state index in [4.69, 9.17) is 0 Å². The van der Waals surface area contributed by atoms with E-state index in [1.54, 1.807) is 0 Å². The fourth-order valence-electron chi connectivity index (χ4n) is 4.01. The molecule has 2 atom stereocenters. The topological polar surface area (TPSA) is 66.5 Å². The number of nitrogens with one attached hydrogen (secondary N) is 1. The molecule has 5 nitrogen and oxygen atoms in total. The lowest BCUT2D eigenvalue weighted by atomic mass is 9.85. The normalized spacial score (nSPS) is 33.7. The Morgan fingerprint density at radius 3 is 2.22 bits per heavy atom. The minimum atomic E-state index is -0.199. The number of rotatable bonds is 4. The van der Waals surface area contributed by atoms with E-state index < -0.39 is 0 Å². The zero-order chi connectivity index (χ0) is 16.4. The van der Waals surface area contributed by atoms with Crippen LogP contribution in [0.15, 0.2) is 12.2 Å². The van der Waals surface area contributed by atoms with Crippen LogP contribution in [0.2, 0.25) is 0 Å². The van der Waals surface area contributed by atoms with Gasteiger partial charge >= 0.3 is 0 Å². The van der Waals surface area contributed by atoms with Crippen molar-refractivity contribution in [3.05, 3.63) is 12.2 Å². The van der Waals surface area contributed by atoms with Gasteiger partial charge in [-0.05, 0) is 44.4 Å². The molecule has 1 heterocycles. The van der Waals surface area contributed by atoms with Crippen molar-refractivity contribution < 1.29 is 14.4 Å². The summed E-state index contributed by atoms with van der Waals surface area (Å²) in [6, 6.07) is 0.260. The van der Waals surface area contributed by atoms with Gasteiger partial charge in [0.05, 0.1) is 11.8 Å². The maximum absolute atomic E-state index is 12.3. The van der Waals surface area contributed by atoms with Gasteiger partial charge in [0, 0.05) is 19.0 Å². The Bertz CT molecular complexity index is 494. The summed E-state index contributed by atoms with van der Waals surface area (Å²) in [6.45, 7) is 2.47. The molecule has 0 radical (unpaired) electrons. The lowest BCUT2D eigenvalue weighted by Gasteiger charge is -2.27. The summed E-state index contributed by atoms with van der Waals surface area (Å²) in [7, 11) is 0. The Labute approximate surface area is 137 Å². The van der Waals surface area contributed by atoms with Gasteiger partial charge in [-0.1, -0.05) is 19.1 Å². The Balaban J connectivity index is 1.47. The highest BCUT2D eigenvalue weighted by Gasteiger charge is 2.46. The zero-order valence-corrected chi connectivity index (χ0v) is 13.8. The quantitative estimate of drug-likeness (QED) is 0.637. The highest BCUT2D eigenvalue weighted by atomic mass is 16.2.